The molecule has 29 heavy (non-hydrogen) atoms. The maximum atomic E-state index is 13.0. The molecule has 0 saturated carbocycles. The zero-order valence-corrected chi connectivity index (χ0v) is 16.0. The number of benzene rings is 2. The second-order valence-electron chi connectivity index (χ2n) is 6.00. The minimum atomic E-state index is -4.52. The van der Waals surface area contributed by atoms with Crippen LogP contribution in [0.5, 0.6) is 5.75 Å². The molecule has 1 heterocycles. The topological polar surface area (TPSA) is 66.8 Å². The number of ether oxygens (including phenoxy) is 1. The molecule has 2 aromatic carbocycles. The van der Waals surface area contributed by atoms with Crippen molar-refractivity contribution in [2.24, 2.45) is 0 Å². The molecule has 0 aliphatic carbocycles. The van der Waals surface area contributed by atoms with Crippen molar-refractivity contribution in [2.45, 2.75) is 6.18 Å². The van der Waals surface area contributed by atoms with Crippen LogP contribution in [0, 0.1) is 0 Å². The number of aliphatic hydroxyl groups is 1. The fraction of sp³-hybridized carbons (Fsp3) is 0.200. The van der Waals surface area contributed by atoms with Gasteiger partial charge in [-0.1, -0.05) is 12.1 Å². The number of nitrogens with zero attached hydrogens (tertiary/aromatic N) is 1. The summed E-state index contributed by atoms with van der Waals surface area (Å²) < 4.78 is 43.5. The Bertz CT molecular complexity index is 953. The third kappa shape index (κ3) is 4.15. The number of amides is 2. The standard InChI is InChI=1S/C20H16F3NO4S/c1-28-15-8-2-12(3-9-15)16-17(29-11-10-25)19(27)24(18(16)26)14-6-4-13(5-7-14)20(21,22)23/h2-9,25H,10-11H2,1H3. The molecule has 0 unspecified atom stereocenters. The zero-order chi connectivity index (χ0) is 21.2. The van der Waals surface area contributed by atoms with Gasteiger partial charge in [0.15, 0.2) is 0 Å². The van der Waals surface area contributed by atoms with E-state index in [0.29, 0.717) is 11.3 Å². The van der Waals surface area contributed by atoms with Gasteiger partial charge in [-0.05, 0) is 42.0 Å². The molecule has 152 valence electrons. The number of hydrogen-bond donors (Lipinski definition) is 1. The fourth-order valence-corrected chi connectivity index (χ4v) is 3.70. The first kappa shape index (κ1) is 20.9. The Morgan fingerprint density at radius 2 is 1.62 bits per heavy atom. The van der Waals surface area contributed by atoms with E-state index in [4.69, 9.17) is 9.84 Å². The summed E-state index contributed by atoms with van der Waals surface area (Å²) in [6, 6.07) is 10.3. The highest BCUT2D eigenvalue weighted by atomic mass is 32.2. The Labute approximate surface area is 168 Å². The maximum absolute atomic E-state index is 13.0. The Kier molecular flexibility index (Phi) is 5.99. The molecule has 0 radical (unpaired) electrons. The number of carbonyl (C=O) groups is 2. The number of carbonyl (C=O) groups excluding carboxylic acids is 2. The molecule has 1 aliphatic heterocycles. The quantitative estimate of drug-likeness (QED) is 0.718. The van der Waals surface area contributed by atoms with Crippen LogP contribution in [0.1, 0.15) is 11.1 Å². The minimum Gasteiger partial charge on any atom is -0.497 e. The van der Waals surface area contributed by atoms with Gasteiger partial charge in [0, 0.05) is 5.75 Å². The zero-order valence-electron chi connectivity index (χ0n) is 15.2. The van der Waals surface area contributed by atoms with Crippen LogP contribution in [0.15, 0.2) is 53.4 Å². The normalized spacial score (nSPS) is 14.7. The van der Waals surface area contributed by atoms with Gasteiger partial charge in [0.1, 0.15) is 5.75 Å². The first-order valence-electron chi connectivity index (χ1n) is 8.46. The maximum Gasteiger partial charge on any atom is 0.416 e. The highest BCUT2D eigenvalue weighted by Gasteiger charge is 2.40. The van der Waals surface area contributed by atoms with Gasteiger partial charge in [-0.25, -0.2) is 4.90 Å². The van der Waals surface area contributed by atoms with Crippen molar-refractivity contribution in [1.29, 1.82) is 0 Å². The van der Waals surface area contributed by atoms with Crippen LogP contribution in [0.25, 0.3) is 5.57 Å². The van der Waals surface area contributed by atoms with Gasteiger partial charge in [-0.2, -0.15) is 13.2 Å². The molecule has 1 N–H and O–H groups in total. The van der Waals surface area contributed by atoms with Gasteiger partial charge in [0.05, 0.1) is 35.4 Å². The van der Waals surface area contributed by atoms with E-state index < -0.39 is 23.6 Å². The molecule has 3 rings (SSSR count). The lowest BCUT2D eigenvalue weighted by Crippen LogP contribution is -2.31. The summed E-state index contributed by atoms with van der Waals surface area (Å²) in [7, 11) is 1.49. The van der Waals surface area contributed by atoms with Gasteiger partial charge in [-0.3, -0.25) is 9.59 Å². The molecule has 0 spiro atoms. The predicted octanol–water partition coefficient (Wildman–Crippen LogP) is 3.72. The van der Waals surface area contributed by atoms with Gasteiger partial charge in [-0.15, -0.1) is 11.8 Å². The van der Waals surface area contributed by atoms with Crippen LogP contribution in [0.3, 0.4) is 0 Å². The molecular formula is C20H16F3NO4S. The largest absolute Gasteiger partial charge is 0.497 e. The predicted molar refractivity (Wildman–Crippen MR) is 103 cm³/mol. The number of methoxy groups -OCH3 is 1. The van der Waals surface area contributed by atoms with E-state index >= 15 is 0 Å². The Morgan fingerprint density at radius 1 is 1.00 bits per heavy atom. The first-order chi connectivity index (χ1) is 13.8. The minimum absolute atomic E-state index is 0.0404. The molecule has 2 aromatic rings. The van der Waals surface area contributed by atoms with Crippen molar-refractivity contribution >= 4 is 34.8 Å². The van der Waals surface area contributed by atoms with Gasteiger partial charge >= 0.3 is 6.18 Å². The van der Waals surface area contributed by atoms with E-state index in [-0.39, 0.29) is 28.5 Å². The Morgan fingerprint density at radius 3 is 2.14 bits per heavy atom. The van der Waals surface area contributed by atoms with Crippen molar-refractivity contribution in [3.05, 3.63) is 64.6 Å². The van der Waals surface area contributed by atoms with E-state index in [1.807, 2.05) is 0 Å². The lowest BCUT2D eigenvalue weighted by atomic mass is 10.1. The van der Waals surface area contributed by atoms with Crippen molar-refractivity contribution in [2.75, 3.05) is 24.4 Å². The van der Waals surface area contributed by atoms with Gasteiger partial charge < -0.3 is 9.84 Å². The third-order valence-electron chi connectivity index (χ3n) is 4.21. The number of alkyl halides is 3. The number of halogens is 3. The highest BCUT2D eigenvalue weighted by Crippen LogP contribution is 2.39. The third-order valence-corrected chi connectivity index (χ3v) is 5.26. The number of anilines is 1. The molecule has 0 aromatic heterocycles. The lowest BCUT2D eigenvalue weighted by molar-refractivity contribution is -0.137. The summed E-state index contributed by atoms with van der Waals surface area (Å²) in [6.45, 7) is -0.203. The van der Waals surface area contributed by atoms with Gasteiger partial charge in [0.2, 0.25) is 0 Å². The number of thioether (sulfide) groups is 1. The van der Waals surface area contributed by atoms with E-state index in [9.17, 15) is 22.8 Å². The van der Waals surface area contributed by atoms with Crippen LogP contribution in [0.4, 0.5) is 18.9 Å². The first-order valence-corrected chi connectivity index (χ1v) is 9.45. The second-order valence-corrected chi connectivity index (χ2v) is 7.10. The number of imide groups is 1. The summed E-state index contributed by atoms with van der Waals surface area (Å²) in [6.07, 6.45) is -4.52. The van der Waals surface area contributed by atoms with E-state index in [1.54, 1.807) is 24.3 Å². The molecule has 0 fully saturated rings. The summed E-state index contributed by atoms with van der Waals surface area (Å²) in [4.78, 5) is 26.9. The van der Waals surface area contributed by atoms with Crippen molar-refractivity contribution in [1.82, 2.24) is 0 Å². The fourth-order valence-electron chi connectivity index (χ4n) is 2.84. The number of aliphatic hydroxyl groups excluding tert-OH is 1. The second kappa shape index (κ2) is 8.30. The van der Waals surface area contributed by atoms with E-state index in [1.165, 1.54) is 7.11 Å². The highest BCUT2D eigenvalue weighted by molar-refractivity contribution is 8.04. The van der Waals surface area contributed by atoms with Crippen LogP contribution in [-0.4, -0.2) is 36.4 Å². The van der Waals surface area contributed by atoms with Crippen LogP contribution in [-0.2, 0) is 15.8 Å². The Balaban J connectivity index is 2.00. The molecule has 2 amide bonds. The Hall–Kier alpha value is -2.78. The van der Waals surface area contributed by atoms with E-state index in [2.05, 4.69) is 0 Å². The number of rotatable bonds is 6. The molecule has 1 aliphatic rings. The molecule has 5 nitrogen and oxygen atoms in total. The monoisotopic (exact) mass is 423 g/mol. The van der Waals surface area contributed by atoms with Crippen LogP contribution in [0.2, 0.25) is 0 Å². The molecular weight excluding hydrogens is 407 g/mol. The summed E-state index contributed by atoms with van der Waals surface area (Å²) in [5.74, 6) is -0.524. The SMILES string of the molecule is COc1ccc(C2=C(SCCO)C(=O)N(c3ccc(C(F)(F)F)cc3)C2=O)cc1. The molecule has 0 bridgehead atoms. The van der Waals surface area contributed by atoms with Crippen molar-refractivity contribution in [3.8, 4) is 5.75 Å². The molecule has 0 atom stereocenters. The summed E-state index contributed by atoms with van der Waals surface area (Å²) in [5.41, 5.74) is -0.229. The average molecular weight is 423 g/mol. The van der Waals surface area contributed by atoms with E-state index in [0.717, 1.165) is 40.9 Å². The average Bonchev–Trinajstić information content (AvgIpc) is 2.95. The summed E-state index contributed by atoms with van der Waals surface area (Å²) in [5, 5.41) is 9.12. The lowest BCUT2D eigenvalue weighted by Gasteiger charge is -2.16. The van der Waals surface area contributed by atoms with Gasteiger partial charge in [0.25, 0.3) is 11.8 Å². The summed E-state index contributed by atoms with van der Waals surface area (Å²) >= 11 is 1.02. The van der Waals surface area contributed by atoms with Crippen LogP contribution < -0.4 is 9.64 Å². The molecule has 9 heteroatoms. The van der Waals surface area contributed by atoms with Crippen molar-refractivity contribution in [3.63, 3.8) is 0 Å². The smallest absolute Gasteiger partial charge is 0.416 e. The van der Waals surface area contributed by atoms with Crippen LogP contribution >= 0.6 is 11.8 Å². The van der Waals surface area contributed by atoms with Crippen molar-refractivity contribution < 1.29 is 32.6 Å². The number of hydrogen-bond acceptors (Lipinski definition) is 5. The molecule has 0 saturated heterocycles.